The Kier molecular flexibility index (Phi) is 6.26. The number of halogens is 1. The van der Waals surface area contributed by atoms with Crippen LogP contribution >= 0.6 is 11.6 Å². The van der Waals surface area contributed by atoms with Crippen LogP contribution in [0.2, 0.25) is 5.02 Å². The largest absolute Gasteiger partial charge is 0.477 e. The molecule has 140 valence electrons. The van der Waals surface area contributed by atoms with Crippen LogP contribution in [-0.4, -0.2) is 31.8 Å². The van der Waals surface area contributed by atoms with E-state index in [9.17, 15) is 14.4 Å². The first-order chi connectivity index (χ1) is 12.3. The number of methoxy groups -OCH3 is 1. The number of rotatable bonds is 6. The predicted molar refractivity (Wildman–Crippen MR) is 94.7 cm³/mol. The van der Waals surface area contributed by atoms with Gasteiger partial charge >= 0.3 is 17.6 Å². The zero-order valence-electron chi connectivity index (χ0n) is 14.9. The fraction of sp³-hybridized carbons (Fsp3) is 0.389. The summed E-state index contributed by atoms with van der Waals surface area (Å²) in [6.07, 6.45) is -1.08. The number of esters is 2. The van der Waals surface area contributed by atoms with Crippen molar-refractivity contribution in [3.63, 3.8) is 0 Å². The molecule has 26 heavy (non-hydrogen) atoms. The van der Waals surface area contributed by atoms with E-state index in [-0.39, 0.29) is 34.9 Å². The summed E-state index contributed by atoms with van der Waals surface area (Å²) in [7, 11) is 1.24. The minimum atomic E-state index is -0.878. The standard InChI is InChI=1S/C18H19ClO7/c1-5-24-17(21)10(3)25-15-8-14-11(6-13(15)19)9(2)12(18(22)26-14)7-16(20)23-4/h6,8,10H,5,7H2,1-4H3. The first-order valence-corrected chi connectivity index (χ1v) is 8.32. The van der Waals surface area contributed by atoms with Gasteiger partial charge in [-0.3, -0.25) is 4.79 Å². The first kappa shape index (κ1) is 19.8. The molecule has 0 N–H and O–H groups in total. The SMILES string of the molecule is CCOC(=O)C(C)Oc1cc2oc(=O)c(CC(=O)OC)c(C)c2cc1Cl. The van der Waals surface area contributed by atoms with E-state index in [0.29, 0.717) is 10.9 Å². The molecule has 0 aliphatic heterocycles. The Morgan fingerprint density at radius 1 is 1.31 bits per heavy atom. The molecule has 1 aromatic heterocycles. The van der Waals surface area contributed by atoms with Gasteiger partial charge in [0.05, 0.1) is 30.7 Å². The van der Waals surface area contributed by atoms with E-state index in [0.717, 1.165) is 0 Å². The molecule has 0 aliphatic carbocycles. The third-order valence-corrected chi connectivity index (χ3v) is 4.11. The van der Waals surface area contributed by atoms with Crippen LogP contribution in [0.1, 0.15) is 25.0 Å². The van der Waals surface area contributed by atoms with Crippen molar-refractivity contribution in [3.05, 3.63) is 38.7 Å². The molecule has 1 atom stereocenters. The highest BCUT2D eigenvalue weighted by molar-refractivity contribution is 6.32. The average Bonchev–Trinajstić information content (AvgIpc) is 2.60. The monoisotopic (exact) mass is 382 g/mol. The molecule has 0 bridgehead atoms. The van der Waals surface area contributed by atoms with Crippen molar-refractivity contribution in [1.82, 2.24) is 0 Å². The maximum atomic E-state index is 12.2. The van der Waals surface area contributed by atoms with Crippen molar-refractivity contribution < 1.29 is 28.2 Å². The molecule has 0 amide bonds. The van der Waals surface area contributed by atoms with Crippen LogP contribution in [0.5, 0.6) is 5.75 Å². The summed E-state index contributed by atoms with van der Waals surface area (Å²) in [5, 5.41) is 0.791. The van der Waals surface area contributed by atoms with Crippen LogP contribution < -0.4 is 10.4 Å². The smallest absolute Gasteiger partial charge is 0.347 e. The second-order valence-corrected chi connectivity index (χ2v) is 5.94. The van der Waals surface area contributed by atoms with Gasteiger partial charge in [0.2, 0.25) is 0 Å². The molecule has 0 saturated heterocycles. The molecule has 0 saturated carbocycles. The van der Waals surface area contributed by atoms with E-state index >= 15 is 0 Å². The lowest BCUT2D eigenvalue weighted by molar-refractivity contribution is -0.150. The molecule has 2 rings (SSSR count). The Hall–Kier alpha value is -2.54. The summed E-state index contributed by atoms with van der Waals surface area (Å²) in [6, 6.07) is 2.99. The van der Waals surface area contributed by atoms with Gasteiger partial charge in [0.15, 0.2) is 6.10 Å². The molecule has 0 radical (unpaired) electrons. The van der Waals surface area contributed by atoms with Gasteiger partial charge in [-0.05, 0) is 32.4 Å². The quantitative estimate of drug-likeness (QED) is 0.560. The summed E-state index contributed by atoms with van der Waals surface area (Å²) in [5.74, 6) is -0.897. The van der Waals surface area contributed by atoms with Crippen molar-refractivity contribution in [3.8, 4) is 5.75 Å². The van der Waals surface area contributed by atoms with E-state index in [2.05, 4.69) is 4.74 Å². The van der Waals surface area contributed by atoms with Crippen molar-refractivity contribution in [2.75, 3.05) is 13.7 Å². The van der Waals surface area contributed by atoms with E-state index in [1.807, 2.05) is 0 Å². The number of aryl methyl sites for hydroxylation is 1. The molecule has 7 nitrogen and oxygen atoms in total. The molecule has 0 spiro atoms. The Labute approximate surface area is 154 Å². The summed E-state index contributed by atoms with van der Waals surface area (Å²) in [4.78, 5) is 35.4. The number of benzene rings is 1. The van der Waals surface area contributed by atoms with Gasteiger partial charge in [-0.25, -0.2) is 9.59 Å². The van der Waals surface area contributed by atoms with Gasteiger partial charge in [-0.2, -0.15) is 0 Å². The zero-order chi connectivity index (χ0) is 19.4. The van der Waals surface area contributed by atoms with Crippen LogP contribution in [-0.2, 0) is 25.5 Å². The third-order valence-electron chi connectivity index (χ3n) is 3.81. The van der Waals surface area contributed by atoms with E-state index in [1.54, 1.807) is 19.9 Å². The number of hydrogen-bond acceptors (Lipinski definition) is 7. The highest BCUT2D eigenvalue weighted by Gasteiger charge is 2.20. The number of fused-ring (bicyclic) bond motifs is 1. The summed E-state index contributed by atoms with van der Waals surface area (Å²) < 4.78 is 20.3. The molecule has 1 unspecified atom stereocenters. The number of carbonyl (C=O) groups is 2. The predicted octanol–water partition coefficient (Wildman–Crippen LogP) is 2.80. The van der Waals surface area contributed by atoms with Crippen molar-refractivity contribution in [2.24, 2.45) is 0 Å². The van der Waals surface area contributed by atoms with Crippen LogP contribution in [0.3, 0.4) is 0 Å². The Morgan fingerprint density at radius 3 is 2.62 bits per heavy atom. The lowest BCUT2D eigenvalue weighted by atomic mass is 10.0. The van der Waals surface area contributed by atoms with Crippen LogP contribution in [0.4, 0.5) is 0 Å². The van der Waals surface area contributed by atoms with Gasteiger partial charge < -0.3 is 18.6 Å². The molecular formula is C18H19ClO7. The zero-order valence-corrected chi connectivity index (χ0v) is 15.6. The highest BCUT2D eigenvalue weighted by atomic mass is 35.5. The molecule has 1 heterocycles. The highest BCUT2D eigenvalue weighted by Crippen LogP contribution is 2.32. The van der Waals surface area contributed by atoms with Crippen LogP contribution in [0.25, 0.3) is 11.0 Å². The Morgan fingerprint density at radius 2 is 2.00 bits per heavy atom. The van der Waals surface area contributed by atoms with Gasteiger partial charge in [-0.1, -0.05) is 11.6 Å². The minimum absolute atomic E-state index is 0.183. The number of hydrogen-bond donors (Lipinski definition) is 0. The van der Waals surface area contributed by atoms with Crippen LogP contribution in [0.15, 0.2) is 21.3 Å². The number of ether oxygens (including phenoxy) is 3. The van der Waals surface area contributed by atoms with Gasteiger partial charge in [0.1, 0.15) is 11.3 Å². The van der Waals surface area contributed by atoms with Crippen LogP contribution in [0, 0.1) is 6.92 Å². The normalized spacial score (nSPS) is 11.9. The third kappa shape index (κ3) is 4.16. The van der Waals surface area contributed by atoms with Crippen molar-refractivity contribution in [1.29, 1.82) is 0 Å². The number of carbonyl (C=O) groups excluding carboxylic acids is 2. The Bertz CT molecular complexity index is 901. The lowest BCUT2D eigenvalue weighted by Gasteiger charge is -2.15. The Balaban J connectivity index is 2.45. The molecular weight excluding hydrogens is 364 g/mol. The molecule has 2 aromatic rings. The minimum Gasteiger partial charge on any atom is -0.477 e. The molecule has 0 aliphatic rings. The topological polar surface area (TPSA) is 92.0 Å². The second kappa shape index (κ2) is 8.23. The van der Waals surface area contributed by atoms with E-state index in [1.165, 1.54) is 20.1 Å². The second-order valence-electron chi connectivity index (χ2n) is 5.54. The van der Waals surface area contributed by atoms with E-state index in [4.69, 9.17) is 25.5 Å². The average molecular weight is 383 g/mol. The van der Waals surface area contributed by atoms with Gasteiger partial charge in [0.25, 0.3) is 0 Å². The maximum Gasteiger partial charge on any atom is 0.347 e. The maximum absolute atomic E-state index is 12.2. The summed E-state index contributed by atoms with van der Waals surface area (Å²) in [5.41, 5.74) is 0.353. The van der Waals surface area contributed by atoms with Crippen molar-refractivity contribution in [2.45, 2.75) is 33.3 Å². The fourth-order valence-corrected chi connectivity index (χ4v) is 2.61. The molecule has 1 aromatic carbocycles. The summed E-state index contributed by atoms with van der Waals surface area (Å²) in [6.45, 7) is 5.14. The molecule has 0 fully saturated rings. The first-order valence-electron chi connectivity index (χ1n) is 7.94. The molecule has 8 heteroatoms. The van der Waals surface area contributed by atoms with E-state index < -0.39 is 23.7 Å². The van der Waals surface area contributed by atoms with Gasteiger partial charge in [0, 0.05) is 11.5 Å². The van der Waals surface area contributed by atoms with Crippen molar-refractivity contribution >= 4 is 34.5 Å². The van der Waals surface area contributed by atoms with Gasteiger partial charge in [-0.15, -0.1) is 0 Å². The summed E-state index contributed by atoms with van der Waals surface area (Å²) >= 11 is 6.24. The lowest BCUT2D eigenvalue weighted by Crippen LogP contribution is -2.26. The fourth-order valence-electron chi connectivity index (χ4n) is 2.40.